The molecule has 0 unspecified atom stereocenters. The Labute approximate surface area is 156 Å². The number of carbonyl (C=O) groups is 1. The Bertz CT molecular complexity index is 807. The Morgan fingerprint density at radius 2 is 2.00 bits per heavy atom. The first kappa shape index (κ1) is 18.6. The van der Waals surface area contributed by atoms with Gasteiger partial charge in [-0.2, -0.15) is 10.1 Å². The molecule has 0 saturated carbocycles. The van der Waals surface area contributed by atoms with Crippen LogP contribution in [0.4, 0.5) is 14.7 Å². The van der Waals surface area contributed by atoms with E-state index in [2.05, 4.69) is 15.4 Å². The first-order chi connectivity index (χ1) is 12.8. The quantitative estimate of drug-likeness (QED) is 0.807. The number of aromatic nitrogens is 3. The fraction of sp³-hybridized carbons (Fsp3) is 0.812. The van der Waals surface area contributed by atoms with Crippen molar-refractivity contribution in [3.63, 3.8) is 0 Å². The minimum Gasteiger partial charge on any atom is -0.351 e. The van der Waals surface area contributed by atoms with Gasteiger partial charge in [0.2, 0.25) is 11.9 Å². The van der Waals surface area contributed by atoms with E-state index in [-0.39, 0.29) is 35.8 Å². The maximum Gasteiger partial charge on any atom is 0.260 e. The van der Waals surface area contributed by atoms with E-state index in [0.717, 1.165) is 0 Å². The third-order valence-corrected chi connectivity index (χ3v) is 7.76. The van der Waals surface area contributed by atoms with E-state index >= 15 is 0 Å². The number of hydrogen-bond donors (Lipinski definition) is 1. The lowest BCUT2D eigenvalue weighted by atomic mass is 9.85. The van der Waals surface area contributed by atoms with E-state index in [1.165, 1.54) is 11.0 Å². The average Bonchev–Trinajstić information content (AvgIpc) is 3.26. The van der Waals surface area contributed by atoms with Crippen LogP contribution in [-0.2, 0) is 14.6 Å². The molecule has 11 heteroatoms. The van der Waals surface area contributed by atoms with Gasteiger partial charge in [-0.1, -0.05) is 0 Å². The van der Waals surface area contributed by atoms with Crippen molar-refractivity contribution in [3.8, 4) is 0 Å². The highest BCUT2D eigenvalue weighted by Gasteiger charge is 2.40. The molecule has 3 atom stereocenters. The number of nitrogens with one attached hydrogen (secondary N) is 1. The molecule has 2 fully saturated rings. The van der Waals surface area contributed by atoms with Crippen LogP contribution >= 0.6 is 0 Å². The average molecular weight is 403 g/mol. The SMILES string of the molecule is O=C([C@H]1CCS(=O)(=O)C1)N1CCC([C@@H]2C[C@H](C(F)F)n3ncnc3N2)CC1. The zero-order chi connectivity index (χ0) is 19.2. The topological polar surface area (TPSA) is 97.2 Å². The van der Waals surface area contributed by atoms with E-state index in [1.54, 1.807) is 4.90 Å². The summed E-state index contributed by atoms with van der Waals surface area (Å²) in [6.45, 7) is 1.06. The number of alkyl halides is 2. The predicted octanol–water partition coefficient (Wildman–Crippen LogP) is 0.942. The van der Waals surface area contributed by atoms with Gasteiger partial charge in [-0.15, -0.1) is 0 Å². The van der Waals surface area contributed by atoms with Gasteiger partial charge in [0.1, 0.15) is 12.4 Å². The summed E-state index contributed by atoms with van der Waals surface area (Å²) in [5.74, 6) is 0.0418. The van der Waals surface area contributed by atoms with Gasteiger partial charge in [-0.05, 0) is 31.6 Å². The molecule has 27 heavy (non-hydrogen) atoms. The van der Waals surface area contributed by atoms with Crippen molar-refractivity contribution in [3.05, 3.63) is 6.33 Å². The molecule has 4 rings (SSSR count). The highest BCUT2D eigenvalue weighted by molar-refractivity contribution is 7.91. The van der Waals surface area contributed by atoms with Crippen molar-refractivity contribution in [1.82, 2.24) is 19.7 Å². The number of carbonyl (C=O) groups excluding carboxylic acids is 1. The molecule has 0 spiro atoms. The van der Waals surface area contributed by atoms with Crippen molar-refractivity contribution in [2.24, 2.45) is 11.8 Å². The molecule has 1 aromatic rings. The summed E-state index contributed by atoms with van der Waals surface area (Å²) in [4.78, 5) is 18.3. The number of amides is 1. The number of rotatable bonds is 3. The summed E-state index contributed by atoms with van der Waals surface area (Å²) in [6.07, 6.45) is 0.836. The predicted molar refractivity (Wildman–Crippen MR) is 93.2 cm³/mol. The normalized spacial score (nSPS) is 30.9. The van der Waals surface area contributed by atoms with Crippen molar-refractivity contribution in [1.29, 1.82) is 0 Å². The van der Waals surface area contributed by atoms with Gasteiger partial charge in [0, 0.05) is 19.1 Å². The van der Waals surface area contributed by atoms with Crippen LogP contribution in [0.2, 0.25) is 0 Å². The van der Waals surface area contributed by atoms with Crippen LogP contribution in [-0.4, -0.2) is 71.1 Å². The summed E-state index contributed by atoms with van der Waals surface area (Å²) < 4.78 is 51.3. The van der Waals surface area contributed by atoms with Gasteiger partial charge >= 0.3 is 0 Å². The summed E-state index contributed by atoms with van der Waals surface area (Å²) >= 11 is 0. The van der Waals surface area contributed by atoms with Gasteiger partial charge < -0.3 is 10.2 Å². The molecule has 1 N–H and O–H groups in total. The Kier molecular flexibility index (Phi) is 4.81. The Morgan fingerprint density at radius 3 is 2.63 bits per heavy atom. The standard InChI is InChI=1S/C16H23F2N5O3S/c17-14(18)13-7-12(21-16-19-9-20-23(13)16)10-1-4-22(5-2-10)15(24)11-3-6-27(25,26)8-11/h9-14H,1-8H2,(H,19,20,21)/t11-,12-,13+/m0/s1. The zero-order valence-corrected chi connectivity index (χ0v) is 15.6. The first-order valence-corrected chi connectivity index (χ1v) is 11.1. The second kappa shape index (κ2) is 6.99. The molecule has 0 aromatic carbocycles. The lowest BCUT2D eigenvalue weighted by molar-refractivity contribution is -0.136. The molecule has 2 saturated heterocycles. The fourth-order valence-electron chi connectivity index (χ4n) is 4.47. The first-order valence-electron chi connectivity index (χ1n) is 9.27. The van der Waals surface area contributed by atoms with Gasteiger partial charge in [0.15, 0.2) is 9.84 Å². The largest absolute Gasteiger partial charge is 0.351 e. The van der Waals surface area contributed by atoms with Crippen molar-refractivity contribution < 1.29 is 22.0 Å². The number of piperidine rings is 1. The molecule has 4 heterocycles. The van der Waals surface area contributed by atoms with Gasteiger partial charge in [0.25, 0.3) is 6.43 Å². The van der Waals surface area contributed by atoms with Gasteiger partial charge in [0.05, 0.1) is 17.4 Å². The second-order valence-corrected chi connectivity index (χ2v) is 9.91. The lowest BCUT2D eigenvalue weighted by Crippen LogP contribution is -2.47. The molecule has 1 amide bonds. The summed E-state index contributed by atoms with van der Waals surface area (Å²) in [5, 5.41) is 7.11. The van der Waals surface area contributed by atoms with E-state index < -0.39 is 28.2 Å². The van der Waals surface area contributed by atoms with E-state index in [1.807, 2.05) is 0 Å². The Balaban J connectivity index is 1.36. The zero-order valence-electron chi connectivity index (χ0n) is 14.8. The van der Waals surface area contributed by atoms with E-state index in [9.17, 15) is 22.0 Å². The number of sulfone groups is 1. The minimum absolute atomic E-state index is 0.0539. The fourth-order valence-corrected chi connectivity index (χ4v) is 6.20. The van der Waals surface area contributed by atoms with Crippen molar-refractivity contribution >= 4 is 21.7 Å². The molecular formula is C16H23F2N5O3S. The van der Waals surface area contributed by atoms with Crippen LogP contribution < -0.4 is 5.32 Å². The lowest BCUT2D eigenvalue weighted by Gasteiger charge is -2.40. The number of halogens is 2. The third-order valence-electron chi connectivity index (χ3n) is 5.99. The van der Waals surface area contributed by atoms with Crippen LogP contribution in [0.15, 0.2) is 6.33 Å². The number of likely N-dealkylation sites (tertiary alicyclic amines) is 1. The minimum atomic E-state index is -3.09. The van der Waals surface area contributed by atoms with Crippen molar-refractivity contribution in [2.75, 3.05) is 29.9 Å². The number of fused-ring (bicyclic) bond motifs is 1. The molecule has 150 valence electrons. The molecule has 1 aromatic heterocycles. The van der Waals surface area contributed by atoms with Gasteiger partial charge in [-0.25, -0.2) is 21.9 Å². The highest BCUT2D eigenvalue weighted by Crippen LogP contribution is 2.35. The second-order valence-electron chi connectivity index (χ2n) is 7.68. The maximum atomic E-state index is 13.4. The number of nitrogens with zero attached hydrogens (tertiary/aromatic N) is 4. The monoisotopic (exact) mass is 403 g/mol. The van der Waals surface area contributed by atoms with E-state index in [4.69, 9.17) is 0 Å². The molecule has 3 aliphatic rings. The van der Waals surface area contributed by atoms with Crippen LogP contribution in [0.1, 0.15) is 31.7 Å². The molecular weight excluding hydrogens is 380 g/mol. The highest BCUT2D eigenvalue weighted by atomic mass is 32.2. The van der Waals surface area contributed by atoms with Crippen LogP contribution in [0.3, 0.4) is 0 Å². The Morgan fingerprint density at radius 1 is 1.26 bits per heavy atom. The van der Waals surface area contributed by atoms with Crippen molar-refractivity contribution in [2.45, 2.75) is 44.2 Å². The summed E-state index contributed by atoms with van der Waals surface area (Å²) in [6, 6.07) is -1.12. The molecule has 0 aliphatic carbocycles. The molecule has 0 radical (unpaired) electrons. The summed E-state index contributed by atoms with van der Waals surface area (Å²) in [7, 11) is -3.09. The Hall–Kier alpha value is -1.78. The summed E-state index contributed by atoms with van der Waals surface area (Å²) in [5.41, 5.74) is 0. The molecule has 8 nitrogen and oxygen atoms in total. The third kappa shape index (κ3) is 3.65. The number of hydrogen-bond acceptors (Lipinski definition) is 6. The van der Waals surface area contributed by atoms with Crippen LogP contribution in [0.25, 0.3) is 0 Å². The number of anilines is 1. The maximum absolute atomic E-state index is 13.4. The van der Waals surface area contributed by atoms with Crippen LogP contribution in [0, 0.1) is 11.8 Å². The molecule has 0 bridgehead atoms. The van der Waals surface area contributed by atoms with E-state index in [0.29, 0.717) is 38.3 Å². The molecule has 3 aliphatic heterocycles. The smallest absolute Gasteiger partial charge is 0.260 e. The van der Waals surface area contributed by atoms with Gasteiger partial charge in [-0.3, -0.25) is 4.79 Å². The van der Waals surface area contributed by atoms with Crippen LogP contribution in [0.5, 0.6) is 0 Å².